The quantitative estimate of drug-likeness (QED) is 0.597. The van der Waals surface area contributed by atoms with E-state index in [1.54, 1.807) is 6.33 Å². The minimum Gasteiger partial charge on any atom is -0.381 e. The Morgan fingerprint density at radius 2 is 2.15 bits per heavy atom. The number of likely N-dealkylation sites (tertiary alicyclic amines) is 1. The molecule has 4 heterocycles. The molecule has 1 unspecified atom stereocenters. The van der Waals surface area contributed by atoms with E-state index < -0.39 is 0 Å². The lowest BCUT2D eigenvalue weighted by Crippen LogP contribution is -2.59. The first kappa shape index (κ1) is 17.7. The Balaban J connectivity index is 1.35. The molecule has 0 aliphatic carbocycles. The van der Waals surface area contributed by atoms with Crippen molar-refractivity contribution in [1.82, 2.24) is 30.3 Å². The molecule has 2 fully saturated rings. The Morgan fingerprint density at radius 3 is 2.92 bits per heavy atom. The van der Waals surface area contributed by atoms with E-state index in [1.807, 2.05) is 11.7 Å². The summed E-state index contributed by atoms with van der Waals surface area (Å²) in [6, 6.07) is 0.341. The van der Waals surface area contributed by atoms with Crippen LogP contribution in [-0.2, 0) is 17.7 Å². The first-order valence-electron chi connectivity index (χ1n) is 9.96. The summed E-state index contributed by atoms with van der Waals surface area (Å²) in [5, 5.41) is 11.5. The molecule has 1 aromatic rings. The Kier molecular flexibility index (Phi) is 5.40. The van der Waals surface area contributed by atoms with Crippen LogP contribution in [0, 0.1) is 0 Å². The average Bonchev–Trinajstić information content (AvgIpc) is 3.37. The highest BCUT2D eigenvalue weighted by Crippen LogP contribution is 2.30. The molecule has 3 aliphatic rings. The van der Waals surface area contributed by atoms with Gasteiger partial charge >= 0.3 is 0 Å². The number of rotatable bonds is 4. The third kappa shape index (κ3) is 3.71. The maximum absolute atomic E-state index is 5.65. The number of aromatic nitrogens is 3. The summed E-state index contributed by atoms with van der Waals surface area (Å²) in [7, 11) is 1.85. The first-order valence-corrected chi connectivity index (χ1v) is 9.96. The van der Waals surface area contributed by atoms with Crippen molar-refractivity contribution in [3.8, 4) is 0 Å². The minimum atomic E-state index is 0.206. The van der Waals surface area contributed by atoms with Crippen LogP contribution in [0.3, 0.4) is 0 Å². The van der Waals surface area contributed by atoms with E-state index in [1.165, 1.54) is 25.9 Å². The van der Waals surface area contributed by atoms with Gasteiger partial charge in [0.25, 0.3) is 0 Å². The highest BCUT2D eigenvalue weighted by Gasteiger charge is 2.39. The van der Waals surface area contributed by atoms with Gasteiger partial charge in [-0.2, -0.15) is 5.10 Å². The average molecular weight is 361 g/mol. The summed E-state index contributed by atoms with van der Waals surface area (Å²) in [4.78, 5) is 11.4. The smallest absolute Gasteiger partial charge is 0.191 e. The number of nitrogens with zero attached hydrogens (tertiary/aromatic N) is 5. The number of fused-ring (bicyclic) bond motifs is 1. The van der Waals surface area contributed by atoms with Crippen LogP contribution in [0.5, 0.6) is 0 Å². The van der Waals surface area contributed by atoms with Crippen molar-refractivity contribution in [3.63, 3.8) is 0 Å². The van der Waals surface area contributed by atoms with Crippen molar-refractivity contribution >= 4 is 5.96 Å². The van der Waals surface area contributed by atoms with Gasteiger partial charge in [0, 0.05) is 44.8 Å². The number of aryl methyl sites for hydroxylation is 1. The molecule has 0 aromatic carbocycles. The maximum atomic E-state index is 5.65. The monoisotopic (exact) mass is 361 g/mol. The fourth-order valence-corrected chi connectivity index (χ4v) is 4.54. The maximum Gasteiger partial charge on any atom is 0.191 e. The number of nitrogens with one attached hydrogen (secondary N) is 2. The predicted molar refractivity (Wildman–Crippen MR) is 100 cm³/mol. The molecule has 0 bridgehead atoms. The van der Waals surface area contributed by atoms with E-state index in [-0.39, 0.29) is 5.54 Å². The predicted octanol–water partition coefficient (Wildman–Crippen LogP) is 0.403. The Labute approximate surface area is 155 Å². The summed E-state index contributed by atoms with van der Waals surface area (Å²) >= 11 is 0. The second-order valence-electron chi connectivity index (χ2n) is 7.69. The summed E-state index contributed by atoms with van der Waals surface area (Å²) in [5.74, 6) is 1.98. The molecule has 26 heavy (non-hydrogen) atoms. The highest BCUT2D eigenvalue weighted by molar-refractivity contribution is 5.80. The first-order chi connectivity index (χ1) is 12.8. The van der Waals surface area contributed by atoms with E-state index in [9.17, 15) is 0 Å². The lowest BCUT2D eigenvalue weighted by atomic mass is 9.88. The third-order valence-electron chi connectivity index (χ3n) is 6.16. The fraction of sp³-hybridized carbons (Fsp3) is 0.833. The summed E-state index contributed by atoms with van der Waals surface area (Å²) < 4.78 is 7.65. The summed E-state index contributed by atoms with van der Waals surface area (Å²) in [6.07, 6.45) is 8.51. The van der Waals surface area contributed by atoms with Gasteiger partial charge in [-0.1, -0.05) is 0 Å². The van der Waals surface area contributed by atoms with Crippen LogP contribution in [0.15, 0.2) is 11.3 Å². The molecule has 1 atom stereocenters. The largest absolute Gasteiger partial charge is 0.381 e. The number of hydrogen-bond acceptors (Lipinski definition) is 5. The van der Waals surface area contributed by atoms with Gasteiger partial charge in [-0.05, 0) is 45.2 Å². The molecular weight excluding hydrogens is 330 g/mol. The Morgan fingerprint density at radius 1 is 1.35 bits per heavy atom. The zero-order valence-corrected chi connectivity index (χ0v) is 15.8. The van der Waals surface area contributed by atoms with E-state index >= 15 is 0 Å². The topological polar surface area (TPSA) is 79.6 Å². The van der Waals surface area contributed by atoms with E-state index in [4.69, 9.17) is 4.74 Å². The van der Waals surface area contributed by atoms with Crippen molar-refractivity contribution in [3.05, 3.63) is 12.2 Å². The van der Waals surface area contributed by atoms with E-state index in [0.29, 0.717) is 6.04 Å². The minimum absolute atomic E-state index is 0.206. The highest BCUT2D eigenvalue weighted by atomic mass is 16.5. The summed E-state index contributed by atoms with van der Waals surface area (Å²) in [5.41, 5.74) is 0.206. The number of guanidine groups is 1. The van der Waals surface area contributed by atoms with Crippen LogP contribution < -0.4 is 10.6 Å². The molecular formula is C18H31N7O. The van der Waals surface area contributed by atoms with E-state index in [0.717, 1.165) is 63.8 Å². The number of hydrogen-bond donors (Lipinski definition) is 2. The zero-order chi connectivity index (χ0) is 17.8. The third-order valence-corrected chi connectivity index (χ3v) is 6.16. The molecule has 8 nitrogen and oxygen atoms in total. The van der Waals surface area contributed by atoms with Crippen LogP contribution >= 0.6 is 0 Å². The van der Waals surface area contributed by atoms with Crippen molar-refractivity contribution < 1.29 is 4.74 Å². The molecule has 4 rings (SSSR count). The second kappa shape index (κ2) is 7.92. The van der Waals surface area contributed by atoms with Gasteiger partial charge in [0.1, 0.15) is 12.2 Å². The number of aliphatic imine (C=N–C) groups is 1. The standard InChI is InChI=1S/C18H31N7O/c1-19-17(23-15-4-5-16-21-14-22-25(16)12-15)20-13-18(6-10-26-11-7-18)24-8-2-3-9-24/h14-15H,2-13H2,1H3,(H2,19,20,23). The SMILES string of the molecule is CN=C(NCC1(N2CCCC2)CCOCC1)NC1CCc2ncnn2C1. The number of ether oxygens (including phenoxy) is 1. The van der Waals surface area contributed by atoms with Crippen molar-refractivity contribution in [1.29, 1.82) is 0 Å². The van der Waals surface area contributed by atoms with Gasteiger partial charge in [0.05, 0.1) is 6.54 Å². The summed E-state index contributed by atoms with van der Waals surface area (Å²) in [6.45, 7) is 5.93. The molecule has 0 saturated carbocycles. The molecule has 1 aromatic heterocycles. The molecule has 0 spiro atoms. The molecule has 0 amide bonds. The molecule has 2 N–H and O–H groups in total. The molecule has 8 heteroatoms. The van der Waals surface area contributed by atoms with Gasteiger partial charge in [-0.15, -0.1) is 0 Å². The van der Waals surface area contributed by atoms with Crippen LogP contribution in [-0.4, -0.2) is 77.1 Å². The Bertz CT molecular complexity index is 617. The molecule has 144 valence electrons. The van der Waals surface area contributed by atoms with Gasteiger partial charge in [-0.3, -0.25) is 9.89 Å². The normalized spacial score (nSPS) is 26.5. The molecule has 3 aliphatic heterocycles. The lowest BCUT2D eigenvalue weighted by molar-refractivity contribution is -0.0164. The second-order valence-corrected chi connectivity index (χ2v) is 7.69. The van der Waals surface area contributed by atoms with Crippen LogP contribution in [0.4, 0.5) is 0 Å². The van der Waals surface area contributed by atoms with Gasteiger partial charge in [0.15, 0.2) is 5.96 Å². The molecule has 0 radical (unpaired) electrons. The van der Waals surface area contributed by atoms with Gasteiger partial charge < -0.3 is 15.4 Å². The zero-order valence-electron chi connectivity index (χ0n) is 15.8. The van der Waals surface area contributed by atoms with E-state index in [2.05, 4.69) is 30.6 Å². The van der Waals surface area contributed by atoms with Crippen molar-refractivity contribution in [2.75, 3.05) is 39.9 Å². The van der Waals surface area contributed by atoms with Crippen LogP contribution in [0.25, 0.3) is 0 Å². The Hall–Kier alpha value is -1.67. The van der Waals surface area contributed by atoms with Gasteiger partial charge in [0.2, 0.25) is 0 Å². The lowest BCUT2D eigenvalue weighted by Gasteiger charge is -2.45. The molecule has 2 saturated heterocycles. The fourth-order valence-electron chi connectivity index (χ4n) is 4.54. The van der Waals surface area contributed by atoms with Crippen molar-refractivity contribution in [2.45, 2.75) is 56.7 Å². The van der Waals surface area contributed by atoms with Gasteiger partial charge in [-0.25, -0.2) is 9.67 Å². The van der Waals surface area contributed by atoms with Crippen molar-refractivity contribution in [2.24, 2.45) is 4.99 Å². The van der Waals surface area contributed by atoms with Crippen LogP contribution in [0.1, 0.15) is 37.9 Å². The van der Waals surface area contributed by atoms with Crippen LogP contribution in [0.2, 0.25) is 0 Å².